The van der Waals surface area contributed by atoms with E-state index in [-0.39, 0.29) is 0 Å². The normalized spacial score (nSPS) is 10.9. The molecule has 2 N–H and O–H groups in total. The Kier molecular flexibility index (Phi) is 5.43. The van der Waals surface area contributed by atoms with Crippen molar-refractivity contribution in [3.63, 3.8) is 0 Å². The fourth-order valence-electron chi connectivity index (χ4n) is 1.54. The number of aliphatic carboxylic acids is 1. The van der Waals surface area contributed by atoms with Crippen LogP contribution in [0.2, 0.25) is 0 Å². The lowest BCUT2D eigenvalue weighted by Gasteiger charge is -2.05. The van der Waals surface area contributed by atoms with Crippen molar-refractivity contribution in [3.05, 3.63) is 47.0 Å². The van der Waals surface area contributed by atoms with Gasteiger partial charge in [0.2, 0.25) is 0 Å². The maximum absolute atomic E-state index is 10.2. The van der Waals surface area contributed by atoms with Crippen LogP contribution >= 0.6 is 0 Å². The van der Waals surface area contributed by atoms with Gasteiger partial charge in [-0.3, -0.25) is 0 Å². The van der Waals surface area contributed by atoms with Crippen LogP contribution in [0.1, 0.15) is 16.7 Å². The van der Waals surface area contributed by atoms with Crippen molar-refractivity contribution >= 4 is 5.97 Å². The molecule has 0 saturated carbocycles. The van der Waals surface area contributed by atoms with E-state index in [1.54, 1.807) is 6.08 Å². The zero-order valence-corrected chi connectivity index (χ0v) is 10.4. The van der Waals surface area contributed by atoms with Crippen LogP contribution in [0.25, 0.3) is 0 Å². The molecule has 92 valence electrons. The Bertz CT molecular complexity index is 411. The fraction of sp³-hybridized carbons (Fsp3) is 0.357. The van der Waals surface area contributed by atoms with Crippen LogP contribution in [0, 0.1) is 13.8 Å². The number of carboxylic acids is 1. The van der Waals surface area contributed by atoms with E-state index in [1.807, 2.05) is 0 Å². The summed E-state index contributed by atoms with van der Waals surface area (Å²) in [5.41, 5.74) is 3.93. The first-order valence-corrected chi connectivity index (χ1v) is 5.76. The largest absolute Gasteiger partial charge is 0.478 e. The molecule has 0 aliphatic rings. The highest BCUT2D eigenvalue weighted by Gasteiger charge is 1.96. The second kappa shape index (κ2) is 6.86. The molecule has 0 fully saturated rings. The minimum atomic E-state index is -0.902. The summed E-state index contributed by atoms with van der Waals surface area (Å²) in [5, 5.41) is 11.6. The third-order valence-corrected chi connectivity index (χ3v) is 2.68. The number of rotatable bonds is 6. The second-order valence-corrected chi connectivity index (χ2v) is 4.11. The molecule has 0 atom stereocenters. The third-order valence-electron chi connectivity index (χ3n) is 2.68. The zero-order valence-electron chi connectivity index (χ0n) is 10.4. The van der Waals surface area contributed by atoms with E-state index in [9.17, 15) is 4.79 Å². The molecule has 3 nitrogen and oxygen atoms in total. The van der Waals surface area contributed by atoms with Gasteiger partial charge in [0, 0.05) is 12.6 Å². The Morgan fingerprint density at radius 1 is 1.35 bits per heavy atom. The molecule has 0 amide bonds. The summed E-state index contributed by atoms with van der Waals surface area (Å²) in [6.07, 6.45) is 3.73. The Hall–Kier alpha value is -1.61. The van der Waals surface area contributed by atoms with E-state index in [4.69, 9.17) is 5.11 Å². The van der Waals surface area contributed by atoms with Gasteiger partial charge in [0.05, 0.1) is 0 Å². The van der Waals surface area contributed by atoms with Crippen molar-refractivity contribution in [1.29, 1.82) is 0 Å². The Labute approximate surface area is 102 Å². The Balaban J connectivity index is 2.27. The number of hydrogen-bond acceptors (Lipinski definition) is 2. The molecule has 0 spiro atoms. The topological polar surface area (TPSA) is 49.3 Å². The average molecular weight is 233 g/mol. The van der Waals surface area contributed by atoms with Crippen LogP contribution in [0.4, 0.5) is 0 Å². The highest BCUT2D eigenvalue weighted by molar-refractivity contribution is 5.79. The fourth-order valence-corrected chi connectivity index (χ4v) is 1.54. The van der Waals surface area contributed by atoms with Gasteiger partial charge in [0.1, 0.15) is 0 Å². The van der Waals surface area contributed by atoms with E-state index < -0.39 is 5.97 Å². The molecule has 1 rings (SSSR count). The summed E-state index contributed by atoms with van der Waals surface area (Å²) in [6, 6.07) is 6.47. The van der Waals surface area contributed by atoms with E-state index in [0.29, 0.717) is 6.54 Å². The molecule has 0 unspecified atom stereocenters. The predicted octanol–water partition coefficient (Wildman–Crippen LogP) is 2.08. The first-order chi connectivity index (χ1) is 8.09. The Morgan fingerprint density at radius 3 is 2.76 bits per heavy atom. The zero-order chi connectivity index (χ0) is 12.7. The van der Waals surface area contributed by atoms with Gasteiger partial charge in [-0.2, -0.15) is 0 Å². The quantitative estimate of drug-likeness (QED) is 0.584. The van der Waals surface area contributed by atoms with Crippen LogP contribution in [0.3, 0.4) is 0 Å². The monoisotopic (exact) mass is 233 g/mol. The van der Waals surface area contributed by atoms with Gasteiger partial charge in [-0.15, -0.1) is 0 Å². The summed E-state index contributed by atoms with van der Waals surface area (Å²) in [7, 11) is 0. The smallest absolute Gasteiger partial charge is 0.328 e. The molecular weight excluding hydrogens is 214 g/mol. The van der Waals surface area contributed by atoms with Gasteiger partial charge in [-0.05, 0) is 43.5 Å². The van der Waals surface area contributed by atoms with Gasteiger partial charge in [-0.1, -0.05) is 24.3 Å². The third kappa shape index (κ3) is 5.31. The highest BCUT2D eigenvalue weighted by atomic mass is 16.4. The number of carboxylic acid groups (broad SMARTS) is 1. The van der Waals surface area contributed by atoms with Gasteiger partial charge in [-0.25, -0.2) is 4.79 Å². The first kappa shape index (κ1) is 13.5. The van der Waals surface area contributed by atoms with Crippen molar-refractivity contribution in [2.45, 2.75) is 20.3 Å². The molecule has 17 heavy (non-hydrogen) atoms. The standard InChI is InChI=1S/C14H19NO2/c1-11-5-6-13(10-12(11)2)7-9-15-8-3-4-14(16)17/h3-6,10,15H,7-9H2,1-2H3,(H,16,17)/b4-3+. The first-order valence-electron chi connectivity index (χ1n) is 5.76. The average Bonchev–Trinajstić information content (AvgIpc) is 2.27. The Morgan fingerprint density at radius 2 is 2.12 bits per heavy atom. The number of hydrogen-bond donors (Lipinski definition) is 2. The van der Waals surface area contributed by atoms with Crippen LogP contribution in [-0.4, -0.2) is 24.2 Å². The summed E-state index contributed by atoms with van der Waals surface area (Å²) >= 11 is 0. The second-order valence-electron chi connectivity index (χ2n) is 4.11. The van der Waals surface area contributed by atoms with Gasteiger partial charge < -0.3 is 10.4 Å². The molecule has 1 aromatic carbocycles. The SMILES string of the molecule is Cc1ccc(CCNC/C=C/C(=O)O)cc1C. The van der Waals surface area contributed by atoms with Gasteiger partial charge in [0.15, 0.2) is 0 Å². The lowest BCUT2D eigenvalue weighted by Crippen LogP contribution is -2.17. The summed E-state index contributed by atoms with van der Waals surface area (Å²) < 4.78 is 0. The predicted molar refractivity (Wildman–Crippen MR) is 69.3 cm³/mol. The van der Waals surface area contributed by atoms with E-state index in [1.165, 1.54) is 16.7 Å². The maximum atomic E-state index is 10.2. The summed E-state index contributed by atoms with van der Waals surface area (Å²) in [4.78, 5) is 10.2. The van der Waals surface area contributed by atoms with E-state index in [0.717, 1.165) is 19.0 Å². The molecule has 0 bridgehead atoms. The number of benzene rings is 1. The highest BCUT2D eigenvalue weighted by Crippen LogP contribution is 2.09. The number of carbonyl (C=O) groups is 1. The van der Waals surface area contributed by atoms with Crippen molar-refractivity contribution in [2.24, 2.45) is 0 Å². The molecule has 0 aromatic heterocycles. The number of nitrogens with one attached hydrogen (secondary N) is 1. The summed E-state index contributed by atoms with van der Waals surface area (Å²) in [6.45, 7) is 5.67. The molecular formula is C14H19NO2. The molecule has 0 radical (unpaired) electrons. The van der Waals surface area contributed by atoms with Gasteiger partial charge in [0.25, 0.3) is 0 Å². The number of aryl methyl sites for hydroxylation is 2. The van der Waals surface area contributed by atoms with Crippen molar-refractivity contribution in [3.8, 4) is 0 Å². The van der Waals surface area contributed by atoms with Gasteiger partial charge >= 0.3 is 5.97 Å². The molecule has 0 heterocycles. The molecule has 0 aliphatic heterocycles. The van der Waals surface area contributed by atoms with Crippen LogP contribution in [0.5, 0.6) is 0 Å². The molecule has 3 heteroatoms. The van der Waals surface area contributed by atoms with Crippen LogP contribution in [0.15, 0.2) is 30.4 Å². The molecule has 0 saturated heterocycles. The van der Waals surface area contributed by atoms with Crippen molar-refractivity contribution in [1.82, 2.24) is 5.32 Å². The van der Waals surface area contributed by atoms with E-state index in [2.05, 4.69) is 37.4 Å². The minimum Gasteiger partial charge on any atom is -0.478 e. The minimum absolute atomic E-state index is 0.594. The molecule has 1 aromatic rings. The lowest BCUT2D eigenvalue weighted by atomic mass is 10.0. The lowest BCUT2D eigenvalue weighted by molar-refractivity contribution is -0.131. The van der Waals surface area contributed by atoms with Crippen LogP contribution in [-0.2, 0) is 11.2 Å². The van der Waals surface area contributed by atoms with Crippen molar-refractivity contribution < 1.29 is 9.90 Å². The van der Waals surface area contributed by atoms with E-state index >= 15 is 0 Å². The molecule has 0 aliphatic carbocycles. The summed E-state index contributed by atoms with van der Waals surface area (Å²) in [5.74, 6) is -0.902. The van der Waals surface area contributed by atoms with Crippen molar-refractivity contribution in [2.75, 3.05) is 13.1 Å². The van der Waals surface area contributed by atoms with Crippen LogP contribution < -0.4 is 5.32 Å². The maximum Gasteiger partial charge on any atom is 0.328 e.